The van der Waals surface area contributed by atoms with Crippen LogP contribution in [-0.4, -0.2) is 34.9 Å². The van der Waals surface area contributed by atoms with E-state index in [2.05, 4.69) is 4.99 Å². The monoisotopic (exact) mass is 431 g/mol. The Morgan fingerprint density at radius 1 is 1.24 bits per heavy atom. The van der Waals surface area contributed by atoms with E-state index in [1.54, 1.807) is 31.2 Å². The second-order valence-corrected chi connectivity index (χ2v) is 7.30. The molecule has 2 N–H and O–H groups in total. The van der Waals surface area contributed by atoms with E-state index in [-0.39, 0.29) is 34.5 Å². The quantitative estimate of drug-likeness (QED) is 0.629. The van der Waals surface area contributed by atoms with E-state index in [9.17, 15) is 15.0 Å². The molecule has 0 fully saturated rings. The Balaban J connectivity index is 2.07. The van der Waals surface area contributed by atoms with Crippen molar-refractivity contribution in [3.05, 3.63) is 69.3 Å². The molecule has 1 heterocycles. The number of hydrogen-bond donors (Lipinski definition) is 2. The summed E-state index contributed by atoms with van der Waals surface area (Å²) in [5.41, 5.74) is 1.21. The maximum Gasteiger partial charge on any atom is 0.344 e. The van der Waals surface area contributed by atoms with Gasteiger partial charge >= 0.3 is 5.97 Å². The standard InChI is InChI=1S/C21H18ClNO5S/c1-3-28-21(26)17-19(25)16(29-20(17)23-13-7-5-4-6-8-13)11-12-9-14(22)18(24)15(10-12)27-2/h4-11,24-25H,3H2,1-2H3/b16-11-,23-20?. The number of phenols is 1. The number of carbonyl (C=O) groups is 1. The molecule has 0 saturated carbocycles. The van der Waals surface area contributed by atoms with Crippen LogP contribution in [-0.2, 0) is 9.53 Å². The number of hydrogen-bond acceptors (Lipinski definition) is 7. The van der Waals surface area contributed by atoms with Crippen molar-refractivity contribution in [2.45, 2.75) is 6.92 Å². The van der Waals surface area contributed by atoms with Gasteiger partial charge in [-0.1, -0.05) is 41.6 Å². The summed E-state index contributed by atoms with van der Waals surface area (Å²) in [6.07, 6.45) is 1.63. The largest absolute Gasteiger partial charge is 0.506 e. The molecule has 0 aromatic heterocycles. The van der Waals surface area contributed by atoms with Gasteiger partial charge in [-0.25, -0.2) is 9.79 Å². The Labute approximate surface area is 177 Å². The van der Waals surface area contributed by atoms with E-state index in [0.717, 1.165) is 11.8 Å². The number of thioether (sulfide) groups is 1. The molecule has 0 radical (unpaired) electrons. The number of ether oxygens (including phenoxy) is 2. The molecule has 1 aliphatic heterocycles. The zero-order chi connectivity index (χ0) is 21.0. The highest BCUT2D eigenvalue weighted by molar-refractivity contribution is 8.18. The van der Waals surface area contributed by atoms with Crippen LogP contribution in [0.25, 0.3) is 6.08 Å². The van der Waals surface area contributed by atoms with Crippen molar-refractivity contribution in [1.82, 2.24) is 0 Å². The number of carbonyl (C=O) groups excluding carboxylic acids is 1. The maximum absolute atomic E-state index is 12.4. The number of aliphatic hydroxyl groups is 1. The summed E-state index contributed by atoms with van der Waals surface area (Å²) in [6.45, 7) is 1.86. The zero-order valence-electron chi connectivity index (χ0n) is 15.7. The van der Waals surface area contributed by atoms with Crippen LogP contribution >= 0.6 is 23.4 Å². The Kier molecular flexibility index (Phi) is 6.51. The lowest BCUT2D eigenvalue weighted by molar-refractivity contribution is -0.138. The van der Waals surface area contributed by atoms with Gasteiger partial charge in [-0.05, 0) is 42.8 Å². The molecular formula is C21H18ClNO5S. The van der Waals surface area contributed by atoms with Crippen LogP contribution in [0.5, 0.6) is 11.5 Å². The second kappa shape index (κ2) is 9.07. The van der Waals surface area contributed by atoms with Gasteiger partial charge in [0.05, 0.1) is 29.3 Å². The summed E-state index contributed by atoms with van der Waals surface area (Å²) >= 11 is 7.17. The molecule has 6 nitrogen and oxygen atoms in total. The van der Waals surface area contributed by atoms with Gasteiger partial charge in [-0.3, -0.25) is 0 Å². The number of aliphatic imine (C=N–C) groups is 1. The number of methoxy groups -OCH3 is 1. The van der Waals surface area contributed by atoms with Gasteiger partial charge in [-0.2, -0.15) is 0 Å². The number of para-hydroxylation sites is 1. The minimum Gasteiger partial charge on any atom is -0.506 e. The van der Waals surface area contributed by atoms with Gasteiger partial charge < -0.3 is 19.7 Å². The van der Waals surface area contributed by atoms with Crippen LogP contribution in [0.1, 0.15) is 12.5 Å². The summed E-state index contributed by atoms with van der Waals surface area (Å²) in [6, 6.07) is 12.2. The first-order chi connectivity index (χ1) is 13.9. The lowest BCUT2D eigenvalue weighted by atomic mass is 10.1. The third-order valence-corrected chi connectivity index (χ3v) is 5.23. The van der Waals surface area contributed by atoms with Gasteiger partial charge in [0.1, 0.15) is 16.4 Å². The Bertz CT molecular complexity index is 1030. The van der Waals surface area contributed by atoms with Crippen LogP contribution in [0.15, 0.2) is 63.7 Å². The van der Waals surface area contributed by atoms with Crippen LogP contribution < -0.4 is 4.74 Å². The number of benzene rings is 2. The van der Waals surface area contributed by atoms with E-state index in [1.807, 2.05) is 18.2 Å². The Morgan fingerprint density at radius 2 is 1.97 bits per heavy atom. The molecule has 0 atom stereocenters. The predicted octanol–water partition coefficient (Wildman–Crippen LogP) is 5.25. The van der Waals surface area contributed by atoms with Crippen molar-refractivity contribution < 1.29 is 24.5 Å². The fourth-order valence-electron chi connectivity index (χ4n) is 2.60. The van der Waals surface area contributed by atoms with Crippen molar-refractivity contribution in [2.24, 2.45) is 4.99 Å². The molecule has 29 heavy (non-hydrogen) atoms. The molecule has 0 unspecified atom stereocenters. The Morgan fingerprint density at radius 3 is 2.62 bits per heavy atom. The minimum absolute atomic E-state index is 0.00351. The highest BCUT2D eigenvalue weighted by atomic mass is 35.5. The third kappa shape index (κ3) is 4.58. The highest BCUT2D eigenvalue weighted by Crippen LogP contribution is 2.42. The van der Waals surface area contributed by atoms with E-state index >= 15 is 0 Å². The first-order valence-electron chi connectivity index (χ1n) is 8.65. The van der Waals surface area contributed by atoms with Crippen molar-refractivity contribution in [3.8, 4) is 11.5 Å². The molecule has 0 aliphatic carbocycles. The summed E-state index contributed by atoms with van der Waals surface area (Å²) in [7, 11) is 1.41. The fourth-order valence-corrected chi connectivity index (χ4v) is 3.85. The summed E-state index contributed by atoms with van der Waals surface area (Å²) in [5, 5.41) is 21.0. The molecule has 0 bridgehead atoms. The maximum atomic E-state index is 12.4. The normalized spacial score (nSPS) is 16.5. The first kappa shape index (κ1) is 20.8. The van der Waals surface area contributed by atoms with Gasteiger partial charge in [0.2, 0.25) is 0 Å². The van der Waals surface area contributed by atoms with Crippen molar-refractivity contribution in [1.29, 1.82) is 0 Å². The smallest absolute Gasteiger partial charge is 0.344 e. The van der Waals surface area contributed by atoms with Crippen LogP contribution in [0.2, 0.25) is 5.02 Å². The first-order valence-corrected chi connectivity index (χ1v) is 9.85. The molecule has 0 amide bonds. The number of aliphatic hydroxyl groups excluding tert-OH is 1. The van der Waals surface area contributed by atoms with Crippen LogP contribution in [0, 0.1) is 0 Å². The van der Waals surface area contributed by atoms with Gasteiger partial charge in [0, 0.05) is 0 Å². The lowest BCUT2D eigenvalue weighted by Crippen LogP contribution is -2.12. The lowest BCUT2D eigenvalue weighted by Gasteiger charge is -2.07. The summed E-state index contributed by atoms with van der Waals surface area (Å²) in [5.74, 6) is -0.864. The van der Waals surface area contributed by atoms with Crippen LogP contribution in [0.3, 0.4) is 0 Å². The summed E-state index contributed by atoms with van der Waals surface area (Å²) < 4.78 is 10.2. The average molecular weight is 432 g/mol. The number of phenolic OH excluding ortho intramolecular Hbond substituents is 1. The van der Waals surface area contributed by atoms with E-state index in [0.29, 0.717) is 21.2 Å². The van der Waals surface area contributed by atoms with Crippen molar-refractivity contribution in [2.75, 3.05) is 13.7 Å². The second-order valence-electron chi connectivity index (χ2n) is 5.86. The molecule has 8 heteroatoms. The average Bonchev–Trinajstić information content (AvgIpc) is 3.00. The van der Waals surface area contributed by atoms with Crippen LogP contribution in [0.4, 0.5) is 5.69 Å². The minimum atomic E-state index is -0.656. The molecule has 0 spiro atoms. The zero-order valence-corrected chi connectivity index (χ0v) is 17.3. The topological polar surface area (TPSA) is 88.4 Å². The Hall–Kier alpha value is -2.90. The van der Waals surface area contributed by atoms with Gasteiger partial charge in [0.25, 0.3) is 0 Å². The molecule has 0 saturated heterocycles. The number of halogens is 1. The number of aromatic hydroxyl groups is 1. The highest BCUT2D eigenvalue weighted by Gasteiger charge is 2.33. The van der Waals surface area contributed by atoms with E-state index in [1.165, 1.54) is 13.2 Å². The fraction of sp³-hybridized carbons (Fsp3) is 0.143. The molecule has 150 valence electrons. The van der Waals surface area contributed by atoms with E-state index < -0.39 is 5.97 Å². The molecule has 2 aromatic rings. The SMILES string of the molecule is CCOC(=O)C1=C(O)/C(=C/c2cc(Cl)c(O)c(OC)c2)SC1=Nc1ccccc1. The molecule has 2 aromatic carbocycles. The molecule has 1 aliphatic rings. The van der Waals surface area contributed by atoms with Crippen molar-refractivity contribution in [3.63, 3.8) is 0 Å². The van der Waals surface area contributed by atoms with E-state index in [4.69, 9.17) is 21.1 Å². The van der Waals surface area contributed by atoms with Gasteiger partial charge in [-0.15, -0.1) is 0 Å². The predicted molar refractivity (Wildman–Crippen MR) is 115 cm³/mol. The molecular weight excluding hydrogens is 414 g/mol. The van der Waals surface area contributed by atoms with Gasteiger partial charge in [0.15, 0.2) is 11.5 Å². The number of nitrogens with zero attached hydrogens (tertiary/aromatic N) is 1. The third-order valence-electron chi connectivity index (χ3n) is 3.93. The number of rotatable bonds is 5. The molecule has 3 rings (SSSR count). The van der Waals surface area contributed by atoms with Crippen molar-refractivity contribution >= 4 is 46.1 Å². The summed E-state index contributed by atoms with van der Waals surface area (Å²) in [4.78, 5) is 17.3. The number of esters is 1.